The van der Waals surface area contributed by atoms with Gasteiger partial charge in [-0.3, -0.25) is 0 Å². The zero-order chi connectivity index (χ0) is 17.8. The summed E-state index contributed by atoms with van der Waals surface area (Å²) in [5, 5.41) is 13.9. The van der Waals surface area contributed by atoms with E-state index in [-0.39, 0.29) is 18.1 Å². The summed E-state index contributed by atoms with van der Waals surface area (Å²) in [6.45, 7) is 2.11. The number of aliphatic hydroxyl groups is 1. The molecule has 0 radical (unpaired) electrons. The molecule has 1 aromatic carbocycles. The largest absolute Gasteiger partial charge is 0.393 e. The van der Waals surface area contributed by atoms with Gasteiger partial charge in [0.1, 0.15) is 5.82 Å². The summed E-state index contributed by atoms with van der Waals surface area (Å²) < 4.78 is 0. The maximum absolute atomic E-state index is 9.67. The van der Waals surface area contributed by atoms with Crippen LogP contribution in [0.5, 0.6) is 0 Å². The molecule has 0 bridgehead atoms. The van der Waals surface area contributed by atoms with Gasteiger partial charge in [-0.1, -0.05) is 36.4 Å². The number of hydrogen-bond acceptors (Lipinski definition) is 6. The van der Waals surface area contributed by atoms with Crippen LogP contribution in [0.3, 0.4) is 0 Å². The van der Waals surface area contributed by atoms with Crippen molar-refractivity contribution in [2.24, 2.45) is 0 Å². The predicted molar refractivity (Wildman–Crippen MR) is 103 cm³/mol. The third-order valence-electron chi connectivity index (χ3n) is 4.44. The molecule has 5 nitrogen and oxygen atoms in total. The number of nitrogens with zero attached hydrogens (tertiary/aromatic N) is 2. The summed E-state index contributed by atoms with van der Waals surface area (Å²) in [6.07, 6.45) is 5.96. The molecule has 25 heavy (non-hydrogen) atoms. The molecule has 4 N–H and O–H groups in total. The van der Waals surface area contributed by atoms with Gasteiger partial charge in [-0.25, -0.2) is 4.98 Å². The van der Waals surface area contributed by atoms with E-state index in [9.17, 15) is 5.11 Å². The van der Waals surface area contributed by atoms with Gasteiger partial charge >= 0.3 is 0 Å². The molecule has 1 aromatic heterocycles. The van der Waals surface area contributed by atoms with E-state index in [1.807, 2.05) is 12.1 Å². The van der Waals surface area contributed by atoms with Crippen LogP contribution < -0.4 is 11.1 Å². The molecule has 1 aliphatic rings. The topological polar surface area (TPSA) is 84.1 Å². The first kappa shape index (κ1) is 18.3. The fourth-order valence-corrected chi connectivity index (χ4v) is 4.10. The number of aromatic nitrogens is 2. The van der Waals surface area contributed by atoms with E-state index < -0.39 is 0 Å². The number of nitrogen functional groups attached to an aromatic ring is 1. The number of nitrogens with one attached hydrogen (secondary N) is 1. The number of halogens is 1. The Kier molecular flexibility index (Phi) is 6.04. The molecule has 1 heterocycles. The second kappa shape index (κ2) is 8.25. The molecular weight excluding hydrogens is 356 g/mol. The zero-order valence-corrected chi connectivity index (χ0v) is 15.8. The first-order valence-corrected chi connectivity index (χ1v) is 9.78. The molecule has 0 aliphatic heterocycles. The summed E-state index contributed by atoms with van der Waals surface area (Å²) in [5.74, 6) is 0.977. The summed E-state index contributed by atoms with van der Waals surface area (Å²) in [6, 6.07) is 6.40. The van der Waals surface area contributed by atoms with E-state index in [2.05, 4.69) is 28.3 Å². The maximum atomic E-state index is 9.67. The molecule has 0 amide bonds. The molecule has 0 saturated heterocycles. The van der Waals surface area contributed by atoms with Gasteiger partial charge in [-0.15, -0.1) is 0 Å². The number of aliphatic hydroxyl groups excluding tert-OH is 1. The molecule has 3 rings (SSSR count). The average Bonchev–Trinajstić information content (AvgIpc) is 2.60. The van der Waals surface area contributed by atoms with E-state index in [0.29, 0.717) is 0 Å². The monoisotopic (exact) mass is 378 g/mol. The van der Waals surface area contributed by atoms with Crippen molar-refractivity contribution in [3.8, 4) is 0 Å². The highest BCUT2D eigenvalue weighted by molar-refractivity contribution is 7.99. The Bertz CT molecular complexity index is 735. The van der Waals surface area contributed by atoms with Gasteiger partial charge in [0.15, 0.2) is 0 Å². The number of anilines is 2. The van der Waals surface area contributed by atoms with Gasteiger partial charge in [-0.2, -0.15) is 4.98 Å². The minimum absolute atomic E-state index is 0.182. The third-order valence-corrected chi connectivity index (χ3v) is 5.96. The lowest BCUT2D eigenvalue weighted by molar-refractivity contribution is 0.126. The second-order valence-corrected chi connectivity index (χ2v) is 7.80. The Labute approximate surface area is 157 Å². The van der Waals surface area contributed by atoms with Crippen molar-refractivity contribution in [2.45, 2.75) is 61.0 Å². The molecule has 7 heteroatoms. The quantitative estimate of drug-likeness (QED) is 0.725. The zero-order valence-electron chi connectivity index (χ0n) is 14.2. The van der Waals surface area contributed by atoms with E-state index in [1.165, 1.54) is 17.3 Å². The number of aryl methyl sites for hydroxylation is 1. The normalized spacial score (nSPS) is 20.4. The Morgan fingerprint density at radius 1 is 1.28 bits per heavy atom. The fourth-order valence-electron chi connectivity index (χ4n) is 2.94. The molecule has 0 atom stereocenters. The molecule has 1 fully saturated rings. The van der Waals surface area contributed by atoms with Crippen LogP contribution in [0.1, 0.15) is 38.2 Å². The van der Waals surface area contributed by atoms with Crippen LogP contribution >= 0.6 is 23.4 Å². The maximum Gasteiger partial charge on any atom is 0.221 e. The second-order valence-electron chi connectivity index (χ2n) is 6.31. The summed E-state index contributed by atoms with van der Waals surface area (Å²) >= 11 is 7.95. The minimum Gasteiger partial charge on any atom is -0.393 e. The lowest BCUT2D eigenvalue weighted by Crippen LogP contribution is -2.28. The predicted octanol–water partition coefficient (Wildman–Crippen LogP) is 4.14. The lowest BCUT2D eigenvalue weighted by Gasteiger charge is -2.27. The van der Waals surface area contributed by atoms with Crippen LogP contribution in [0.2, 0.25) is 5.02 Å². The van der Waals surface area contributed by atoms with Crippen LogP contribution in [-0.2, 0) is 6.42 Å². The van der Waals surface area contributed by atoms with Gasteiger partial charge in [0.25, 0.3) is 0 Å². The van der Waals surface area contributed by atoms with E-state index in [4.69, 9.17) is 17.3 Å². The Morgan fingerprint density at radius 2 is 2.04 bits per heavy atom. The Hall–Kier alpha value is -1.50. The average molecular weight is 379 g/mol. The first-order valence-electron chi connectivity index (χ1n) is 8.58. The minimum atomic E-state index is -0.182. The van der Waals surface area contributed by atoms with Crippen LogP contribution in [-0.4, -0.2) is 27.2 Å². The van der Waals surface area contributed by atoms with Gasteiger partial charge in [0.2, 0.25) is 5.95 Å². The summed E-state index contributed by atoms with van der Waals surface area (Å²) in [5.41, 5.74) is 6.99. The van der Waals surface area contributed by atoms with Crippen LogP contribution in [0, 0.1) is 0 Å². The van der Waals surface area contributed by atoms with Crippen molar-refractivity contribution >= 4 is 35.1 Å². The molecule has 134 valence electrons. The van der Waals surface area contributed by atoms with Crippen molar-refractivity contribution < 1.29 is 5.11 Å². The summed E-state index contributed by atoms with van der Waals surface area (Å²) in [4.78, 5) is 10.4. The van der Waals surface area contributed by atoms with Gasteiger partial charge in [0, 0.05) is 17.1 Å². The van der Waals surface area contributed by atoms with E-state index in [0.717, 1.165) is 52.7 Å². The molecule has 1 aliphatic carbocycles. The van der Waals surface area contributed by atoms with Gasteiger partial charge < -0.3 is 16.2 Å². The SMILES string of the molecule is CCc1ccc(Sc2cnc(N)nc2NC2CCC(O)CC2)c(Cl)c1. The third kappa shape index (κ3) is 4.77. The Balaban J connectivity index is 1.79. The molecule has 1 saturated carbocycles. The molecule has 0 unspecified atom stereocenters. The van der Waals surface area contributed by atoms with E-state index >= 15 is 0 Å². The molecule has 2 aromatic rings. The first-order chi connectivity index (χ1) is 12.0. The smallest absolute Gasteiger partial charge is 0.221 e. The number of benzene rings is 1. The van der Waals surface area contributed by atoms with Crippen LogP contribution in [0.4, 0.5) is 11.8 Å². The van der Waals surface area contributed by atoms with Crippen molar-refractivity contribution in [3.05, 3.63) is 35.0 Å². The van der Waals surface area contributed by atoms with Gasteiger partial charge in [-0.05, 0) is 49.8 Å². The standard InChI is InChI=1S/C18H23ClN4OS/c1-2-11-3-8-15(14(19)9-11)25-16-10-21-18(20)23-17(16)22-12-4-6-13(24)7-5-12/h3,8-10,12-13,24H,2,4-7H2,1H3,(H3,20,21,22,23). The highest BCUT2D eigenvalue weighted by Gasteiger charge is 2.21. The number of rotatable bonds is 5. The molecule has 0 spiro atoms. The highest BCUT2D eigenvalue weighted by atomic mass is 35.5. The van der Waals surface area contributed by atoms with Crippen molar-refractivity contribution in [3.63, 3.8) is 0 Å². The highest BCUT2D eigenvalue weighted by Crippen LogP contribution is 2.37. The fraction of sp³-hybridized carbons (Fsp3) is 0.444. The molecular formula is C18H23ClN4OS. The Morgan fingerprint density at radius 3 is 2.72 bits per heavy atom. The van der Waals surface area contributed by atoms with Gasteiger partial charge in [0.05, 0.1) is 16.0 Å². The van der Waals surface area contributed by atoms with Crippen LogP contribution in [0.15, 0.2) is 34.2 Å². The van der Waals surface area contributed by atoms with Crippen LogP contribution in [0.25, 0.3) is 0 Å². The van der Waals surface area contributed by atoms with Crippen molar-refractivity contribution in [2.75, 3.05) is 11.1 Å². The lowest BCUT2D eigenvalue weighted by atomic mass is 9.93. The van der Waals surface area contributed by atoms with E-state index in [1.54, 1.807) is 6.20 Å². The summed E-state index contributed by atoms with van der Waals surface area (Å²) in [7, 11) is 0. The number of hydrogen-bond donors (Lipinski definition) is 3. The van der Waals surface area contributed by atoms with Crippen molar-refractivity contribution in [1.82, 2.24) is 9.97 Å². The number of nitrogens with two attached hydrogens (primary N) is 1. The van der Waals surface area contributed by atoms with Crippen molar-refractivity contribution in [1.29, 1.82) is 0 Å².